The molecular formula is C80H75Br5Cl9F4KN4O6. The van der Waals surface area contributed by atoms with Gasteiger partial charge >= 0.3 is 63.3 Å². The predicted octanol–water partition coefficient (Wildman–Crippen LogP) is 24.7. The van der Waals surface area contributed by atoms with E-state index in [1.54, 1.807) is 87.5 Å². The molecule has 1 saturated heterocycles. The Labute approximate surface area is 764 Å². The molecule has 0 atom stereocenters. The maximum atomic E-state index is 14.0. The number of carbonyl (C=O) groups is 2. The summed E-state index contributed by atoms with van der Waals surface area (Å²) in [6, 6.07) is 33.0. The van der Waals surface area contributed by atoms with Gasteiger partial charge in [-0.2, -0.15) is 0 Å². The molecule has 578 valence electrons. The zero-order valence-electron chi connectivity index (χ0n) is 60.4. The van der Waals surface area contributed by atoms with Crippen molar-refractivity contribution >= 4 is 235 Å². The number of nitrogens with zero attached hydrogens (tertiary/aromatic N) is 3. The maximum absolute atomic E-state index is 14.0. The number of aromatic nitrogens is 2. The van der Waals surface area contributed by atoms with E-state index >= 15 is 0 Å². The number of esters is 2. The van der Waals surface area contributed by atoms with Gasteiger partial charge in [-0.1, -0.05) is 157 Å². The van der Waals surface area contributed by atoms with Crippen LogP contribution < -0.4 is 66.7 Å². The fourth-order valence-corrected chi connectivity index (χ4v) is 15.5. The maximum Gasteiger partial charge on any atom is 1.00 e. The second-order valence-corrected chi connectivity index (χ2v) is 31.9. The number of aryl methyl sites for hydroxylation is 2. The first kappa shape index (κ1) is 99.8. The van der Waals surface area contributed by atoms with E-state index in [1.807, 2.05) is 66.0 Å². The number of anilines is 2. The summed E-state index contributed by atoms with van der Waals surface area (Å²) in [5.74, 6) is -1.68. The van der Waals surface area contributed by atoms with Crippen LogP contribution in [0.25, 0.3) is 27.9 Å². The molecule has 3 heterocycles. The Balaban J connectivity index is 0.000000343. The normalized spacial score (nSPS) is 11.1. The first-order chi connectivity index (χ1) is 50.9. The van der Waals surface area contributed by atoms with E-state index in [-0.39, 0.29) is 74.7 Å². The summed E-state index contributed by atoms with van der Waals surface area (Å²) in [6.45, 7) is 24.2. The number of ether oxygens (including phenoxy) is 3. The quantitative estimate of drug-likeness (QED) is 0.0254. The first-order valence-electron chi connectivity index (χ1n) is 32.3. The van der Waals surface area contributed by atoms with Crippen LogP contribution in [0.4, 0.5) is 28.9 Å². The van der Waals surface area contributed by atoms with Gasteiger partial charge in [0.15, 0.2) is 0 Å². The molecule has 2 aromatic heterocycles. The molecule has 0 aliphatic carbocycles. The Bertz CT molecular complexity index is 4700. The number of hydrogen-bond acceptors (Lipinski definition) is 8. The fraction of sp³-hybridized carbons (Fsp3) is 0.225. The smallest absolute Gasteiger partial charge is 0.850 e. The number of methoxy groups -OCH3 is 2. The van der Waals surface area contributed by atoms with E-state index in [0.29, 0.717) is 102 Å². The summed E-state index contributed by atoms with van der Waals surface area (Å²) in [4.78, 5) is 23.3. The van der Waals surface area contributed by atoms with Gasteiger partial charge in [-0.25, -0.2) is 27.2 Å². The van der Waals surface area contributed by atoms with Gasteiger partial charge in [-0.05, 0) is 243 Å². The molecule has 0 amide bonds. The number of benzene rings is 8. The van der Waals surface area contributed by atoms with Crippen molar-refractivity contribution in [3.05, 3.63) is 303 Å². The van der Waals surface area contributed by atoms with Crippen LogP contribution in [0.15, 0.2) is 200 Å². The van der Waals surface area contributed by atoms with Crippen LogP contribution in [0.5, 0.6) is 0 Å². The van der Waals surface area contributed by atoms with Crippen molar-refractivity contribution in [2.45, 2.75) is 78.6 Å². The van der Waals surface area contributed by atoms with Gasteiger partial charge in [-0.15, -0.1) is 30.4 Å². The minimum absolute atomic E-state index is 0. The van der Waals surface area contributed by atoms with E-state index < -0.39 is 17.5 Å². The van der Waals surface area contributed by atoms with Gasteiger partial charge in [0.05, 0.1) is 36.6 Å². The van der Waals surface area contributed by atoms with Gasteiger partial charge in [0.1, 0.15) is 23.3 Å². The van der Waals surface area contributed by atoms with Gasteiger partial charge in [0.25, 0.3) is 0 Å². The number of hydrogen-bond donors (Lipinski definition) is 1. The third-order valence-electron chi connectivity index (χ3n) is 14.4. The minimum Gasteiger partial charge on any atom is -0.850 e. The fourth-order valence-electron chi connectivity index (χ4n) is 9.60. The van der Waals surface area contributed by atoms with Crippen LogP contribution in [-0.2, 0) is 49.3 Å². The molecule has 11 rings (SSSR count). The SMILES string of the molecule is C1CCOC1.C=CC(=O)OC.C=CCN(Cc1ccc(Cl)cc1Cl)c1c(Br)cc(F)cc1Br.C=CCNc1c(Br)cc(F)cc1Br.CC(C)(C)[O-].COC(=O)/C=C/c1cc(F)cc2c(C)cn(Cc3ccc(Cl)cc3Cl)c12.Cc1cn(Cc2ccc(Cl)cc2Cl)c2c(Br)cc(F)cc12.ClCc1ccc(Cl)cc1Cl.[K+]. The van der Waals surface area contributed by atoms with Crippen molar-refractivity contribution in [2.75, 3.05) is 50.7 Å². The number of nitrogens with one attached hydrogen (secondary N) is 1. The number of rotatable bonds is 16. The molecule has 0 spiro atoms. The average molecular weight is 2020 g/mol. The summed E-state index contributed by atoms with van der Waals surface area (Å²) in [5, 5.41) is 19.7. The van der Waals surface area contributed by atoms with Crippen LogP contribution in [0, 0.1) is 37.1 Å². The zero-order valence-corrected chi connectivity index (χ0v) is 78.2. The van der Waals surface area contributed by atoms with Crippen LogP contribution in [-0.4, -0.2) is 67.2 Å². The number of alkyl halides is 1. The Morgan fingerprint density at radius 1 is 0.569 bits per heavy atom. The van der Waals surface area contributed by atoms with Crippen molar-refractivity contribution in [1.82, 2.24) is 9.13 Å². The van der Waals surface area contributed by atoms with E-state index in [9.17, 15) is 32.3 Å². The van der Waals surface area contributed by atoms with Crippen LogP contribution in [0.1, 0.15) is 72.6 Å². The monoisotopic (exact) mass is 2010 g/mol. The summed E-state index contributed by atoms with van der Waals surface area (Å²) < 4.78 is 75.0. The molecule has 10 aromatic rings. The standard InChI is InChI=1S/C20H16Cl2FNO2.C16H12Br2Cl2FN.C16H11BrCl2FN.C9H8Br2FN.C7H5Cl3.C4H6O2.C4H8O.C4H9O.K/c1-12-10-24(11-14-3-5-15(21)8-18(14)22)20-13(4-6-19(25)26-2)7-16(23)9-17(12)20;1-2-5-22(9-10-3-4-11(19)6-15(10)20)16-13(17)7-12(21)8-14(16)18;1-9-7-21(8-10-2-3-11(18)4-15(10)19)16-13(9)5-12(20)6-14(16)17;1-2-3-13-9-7(10)4-6(12)5-8(9)11;8-4-5-1-2-6(9)3-7(5)10;1-3-4(5)6-2;1-2-4-5-3-1;1-4(2,3)5;/h3-10H,11H2,1-2H3;2-4,6-8H,1,5,9H2;2-7H,8H2,1H3;2,4-5,13H,1,3H2;1-3H,4H2;3H,1H2,2H3;1-4H2;1-3H3;/q;;;;;;;-1;+1/b6-4+;;;;;;;;. The van der Waals surface area contributed by atoms with Crippen molar-refractivity contribution in [1.29, 1.82) is 0 Å². The molecule has 29 heteroatoms. The summed E-state index contributed by atoms with van der Waals surface area (Å²) in [7, 11) is 2.60. The molecule has 0 radical (unpaired) electrons. The molecule has 0 bridgehead atoms. The molecule has 109 heavy (non-hydrogen) atoms. The Morgan fingerprint density at radius 2 is 0.954 bits per heavy atom. The van der Waals surface area contributed by atoms with Gasteiger partial charge in [0.2, 0.25) is 0 Å². The van der Waals surface area contributed by atoms with E-state index in [4.69, 9.17) is 109 Å². The Morgan fingerprint density at radius 3 is 1.33 bits per heavy atom. The topological polar surface area (TPSA) is 110 Å². The molecule has 1 N–H and O–H groups in total. The minimum atomic E-state index is -0.750. The second kappa shape index (κ2) is 50.9. The summed E-state index contributed by atoms with van der Waals surface area (Å²) >= 11 is 70.3. The average Bonchev–Trinajstić information content (AvgIpc) is 1.64. The molecule has 10 nitrogen and oxygen atoms in total. The second-order valence-electron chi connectivity index (χ2n) is 23.9. The first-order valence-corrected chi connectivity index (χ1v) is 39.8. The third-order valence-corrected chi connectivity index (χ3v) is 20.1. The number of fused-ring (bicyclic) bond motifs is 2. The molecule has 0 saturated carbocycles. The van der Waals surface area contributed by atoms with Gasteiger partial charge in [-0.3, -0.25) is 0 Å². The zero-order chi connectivity index (χ0) is 80.7. The largest absolute Gasteiger partial charge is 1.00 e. The molecule has 0 unspecified atom stereocenters. The van der Waals surface area contributed by atoms with Crippen molar-refractivity contribution in [3.63, 3.8) is 0 Å². The molecule has 1 aliphatic rings. The van der Waals surface area contributed by atoms with E-state index in [0.717, 1.165) is 90.3 Å². The van der Waals surface area contributed by atoms with Crippen molar-refractivity contribution in [2.24, 2.45) is 0 Å². The Kier molecular flexibility index (Phi) is 46.6. The van der Waals surface area contributed by atoms with Crippen LogP contribution >= 0.6 is 184 Å². The van der Waals surface area contributed by atoms with Crippen molar-refractivity contribution in [3.8, 4) is 0 Å². The molecule has 8 aromatic carbocycles. The molecular weight excluding hydrogens is 1950 g/mol. The van der Waals surface area contributed by atoms with E-state index in [1.165, 1.54) is 75.6 Å². The van der Waals surface area contributed by atoms with Crippen molar-refractivity contribution < 1.29 is 97.9 Å². The number of halogens is 18. The summed E-state index contributed by atoms with van der Waals surface area (Å²) in [5.41, 5.74) is 8.93. The number of carbonyl (C=O) groups excluding carboxylic acids is 2. The van der Waals surface area contributed by atoms with E-state index in [2.05, 4.69) is 119 Å². The van der Waals surface area contributed by atoms with Crippen LogP contribution in [0.2, 0.25) is 40.2 Å². The molecule has 1 fully saturated rings. The van der Waals surface area contributed by atoms with Crippen LogP contribution in [0.3, 0.4) is 0 Å². The molecule has 1 aliphatic heterocycles. The predicted molar refractivity (Wildman–Crippen MR) is 461 cm³/mol. The van der Waals surface area contributed by atoms with Gasteiger partial charge < -0.3 is 38.7 Å². The van der Waals surface area contributed by atoms with Gasteiger partial charge in [0, 0.05) is 155 Å². The third kappa shape index (κ3) is 34.9. The Hall–Kier alpha value is -3.37. The summed E-state index contributed by atoms with van der Waals surface area (Å²) in [6.07, 6.45) is 13.9.